The second kappa shape index (κ2) is 5.72. The molecular formula is C17H21N3O. The van der Waals surface area contributed by atoms with Gasteiger partial charge in [-0.1, -0.05) is 17.7 Å². The molecule has 1 aliphatic rings. The third-order valence-corrected chi connectivity index (χ3v) is 4.19. The number of benzene rings is 1. The second-order valence-corrected chi connectivity index (χ2v) is 5.74. The van der Waals surface area contributed by atoms with Crippen molar-refractivity contribution in [2.75, 3.05) is 0 Å². The third-order valence-electron chi connectivity index (χ3n) is 4.19. The first-order valence-electron chi connectivity index (χ1n) is 7.53. The van der Waals surface area contributed by atoms with Crippen molar-refractivity contribution < 1.29 is 4.79 Å². The van der Waals surface area contributed by atoms with Gasteiger partial charge in [0.2, 0.25) is 0 Å². The fourth-order valence-electron chi connectivity index (χ4n) is 2.87. The number of carbonyl (C=O) groups excluding carboxylic acids is 1. The molecule has 1 amide bonds. The Kier molecular flexibility index (Phi) is 3.78. The summed E-state index contributed by atoms with van der Waals surface area (Å²) < 4.78 is 2.14. The molecule has 0 unspecified atom stereocenters. The van der Waals surface area contributed by atoms with Gasteiger partial charge in [-0.25, -0.2) is 4.98 Å². The van der Waals surface area contributed by atoms with E-state index < -0.39 is 0 Å². The number of rotatable bonds is 3. The molecule has 1 aromatic carbocycles. The van der Waals surface area contributed by atoms with E-state index in [0.717, 1.165) is 24.2 Å². The molecule has 0 spiro atoms. The molecule has 0 radical (unpaired) electrons. The van der Waals surface area contributed by atoms with E-state index in [4.69, 9.17) is 0 Å². The van der Waals surface area contributed by atoms with Gasteiger partial charge in [-0.15, -0.1) is 0 Å². The number of aryl methyl sites for hydroxylation is 2. The summed E-state index contributed by atoms with van der Waals surface area (Å²) in [5, 5.41) is 2.96. The van der Waals surface area contributed by atoms with Crippen LogP contribution in [0.25, 0.3) is 0 Å². The SMILES string of the molecule is Cc1ccc(C(=O)NCc2nc3c(n2C)CCCC3)cc1. The number of nitrogens with one attached hydrogen (secondary N) is 1. The minimum Gasteiger partial charge on any atom is -0.345 e. The van der Waals surface area contributed by atoms with Gasteiger partial charge in [0, 0.05) is 18.3 Å². The maximum Gasteiger partial charge on any atom is 0.251 e. The molecule has 4 heteroatoms. The predicted octanol–water partition coefficient (Wildman–Crippen LogP) is 2.54. The summed E-state index contributed by atoms with van der Waals surface area (Å²) in [7, 11) is 2.05. The van der Waals surface area contributed by atoms with Crippen LogP contribution in [0.5, 0.6) is 0 Å². The van der Waals surface area contributed by atoms with Gasteiger partial charge in [0.1, 0.15) is 5.82 Å². The van der Waals surface area contributed by atoms with Crippen LogP contribution in [0.1, 0.15) is 46.0 Å². The van der Waals surface area contributed by atoms with E-state index in [1.54, 1.807) is 0 Å². The largest absolute Gasteiger partial charge is 0.345 e. The molecule has 0 atom stereocenters. The smallest absolute Gasteiger partial charge is 0.251 e. The molecule has 110 valence electrons. The molecule has 1 aliphatic carbocycles. The van der Waals surface area contributed by atoms with Gasteiger partial charge in [0.05, 0.1) is 12.2 Å². The van der Waals surface area contributed by atoms with Crippen molar-refractivity contribution in [2.24, 2.45) is 7.05 Å². The Balaban J connectivity index is 1.69. The Labute approximate surface area is 125 Å². The maximum atomic E-state index is 12.1. The van der Waals surface area contributed by atoms with Crippen LogP contribution in [0.15, 0.2) is 24.3 Å². The number of nitrogens with zero attached hydrogens (tertiary/aromatic N) is 2. The number of amides is 1. The normalized spacial score (nSPS) is 13.8. The zero-order chi connectivity index (χ0) is 14.8. The van der Waals surface area contributed by atoms with Crippen LogP contribution < -0.4 is 5.32 Å². The highest BCUT2D eigenvalue weighted by Gasteiger charge is 2.18. The highest BCUT2D eigenvalue weighted by Crippen LogP contribution is 2.21. The van der Waals surface area contributed by atoms with E-state index in [9.17, 15) is 4.79 Å². The van der Waals surface area contributed by atoms with Crippen LogP contribution in [0.2, 0.25) is 0 Å². The summed E-state index contributed by atoms with van der Waals surface area (Å²) in [5.41, 5.74) is 4.40. The number of carbonyl (C=O) groups is 1. The summed E-state index contributed by atoms with van der Waals surface area (Å²) in [5.74, 6) is 0.901. The predicted molar refractivity (Wildman–Crippen MR) is 82.2 cm³/mol. The highest BCUT2D eigenvalue weighted by atomic mass is 16.1. The molecule has 4 nitrogen and oxygen atoms in total. The summed E-state index contributed by atoms with van der Waals surface area (Å²) in [4.78, 5) is 16.8. The molecule has 1 N–H and O–H groups in total. The summed E-state index contributed by atoms with van der Waals surface area (Å²) in [6.07, 6.45) is 4.63. The highest BCUT2D eigenvalue weighted by molar-refractivity contribution is 5.94. The number of aromatic nitrogens is 2. The summed E-state index contributed by atoms with van der Waals surface area (Å²) in [6, 6.07) is 7.62. The molecule has 0 saturated heterocycles. The Morgan fingerprint density at radius 2 is 1.95 bits per heavy atom. The van der Waals surface area contributed by atoms with Crippen molar-refractivity contribution in [1.82, 2.24) is 14.9 Å². The van der Waals surface area contributed by atoms with E-state index in [1.807, 2.05) is 38.2 Å². The van der Waals surface area contributed by atoms with Gasteiger partial charge in [-0.05, 0) is 44.7 Å². The first kappa shape index (κ1) is 13.9. The number of hydrogen-bond donors (Lipinski definition) is 1. The zero-order valence-electron chi connectivity index (χ0n) is 12.6. The summed E-state index contributed by atoms with van der Waals surface area (Å²) >= 11 is 0. The Morgan fingerprint density at radius 1 is 1.24 bits per heavy atom. The van der Waals surface area contributed by atoms with Crippen molar-refractivity contribution in [3.05, 3.63) is 52.6 Å². The first-order chi connectivity index (χ1) is 10.1. The van der Waals surface area contributed by atoms with Crippen molar-refractivity contribution in [3.8, 4) is 0 Å². The first-order valence-corrected chi connectivity index (χ1v) is 7.53. The number of imidazole rings is 1. The van der Waals surface area contributed by atoms with Crippen LogP contribution in [-0.2, 0) is 26.4 Å². The fraction of sp³-hybridized carbons (Fsp3) is 0.412. The molecule has 1 aromatic heterocycles. The molecule has 0 bridgehead atoms. The second-order valence-electron chi connectivity index (χ2n) is 5.74. The molecule has 0 fully saturated rings. The lowest BCUT2D eigenvalue weighted by molar-refractivity contribution is 0.0949. The molecular weight excluding hydrogens is 262 g/mol. The summed E-state index contributed by atoms with van der Waals surface area (Å²) in [6.45, 7) is 2.50. The van der Waals surface area contributed by atoms with E-state index in [1.165, 1.54) is 24.2 Å². The Bertz CT molecular complexity index is 655. The molecule has 1 heterocycles. The fourth-order valence-corrected chi connectivity index (χ4v) is 2.87. The van der Waals surface area contributed by atoms with Crippen LogP contribution >= 0.6 is 0 Å². The van der Waals surface area contributed by atoms with E-state index in [-0.39, 0.29) is 5.91 Å². The standard InChI is InChI=1S/C17H21N3O/c1-12-7-9-13(10-8-12)17(21)18-11-16-19-14-5-3-4-6-15(14)20(16)2/h7-10H,3-6,11H2,1-2H3,(H,18,21). The van der Waals surface area contributed by atoms with Crippen molar-refractivity contribution in [1.29, 1.82) is 0 Å². The van der Waals surface area contributed by atoms with Gasteiger partial charge in [0.25, 0.3) is 5.91 Å². The third kappa shape index (κ3) is 2.84. The van der Waals surface area contributed by atoms with Gasteiger partial charge in [0.15, 0.2) is 0 Å². The quantitative estimate of drug-likeness (QED) is 0.941. The van der Waals surface area contributed by atoms with Gasteiger partial charge >= 0.3 is 0 Å². The van der Waals surface area contributed by atoms with Crippen molar-refractivity contribution in [2.45, 2.75) is 39.2 Å². The van der Waals surface area contributed by atoms with Crippen molar-refractivity contribution in [3.63, 3.8) is 0 Å². The lowest BCUT2D eigenvalue weighted by atomic mass is 10.0. The average Bonchev–Trinajstić information content (AvgIpc) is 2.82. The van der Waals surface area contributed by atoms with Gasteiger partial charge < -0.3 is 9.88 Å². The maximum absolute atomic E-state index is 12.1. The molecule has 3 rings (SSSR count). The minimum absolute atomic E-state index is 0.0454. The average molecular weight is 283 g/mol. The van der Waals surface area contributed by atoms with Crippen LogP contribution in [0.4, 0.5) is 0 Å². The van der Waals surface area contributed by atoms with Crippen LogP contribution in [0.3, 0.4) is 0 Å². The lowest BCUT2D eigenvalue weighted by Gasteiger charge is -2.11. The number of fused-ring (bicyclic) bond motifs is 1. The van der Waals surface area contributed by atoms with Crippen LogP contribution in [0, 0.1) is 6.92 Å². The molecule has 0 aliphatic heterocycles. The van der Waals surface area contributed by atoms with Crippen molar-refractivity contribution >= 4 is 5.91 Å². The Morgan fingerprint density at radius 3 is 2.67 bits per heavy atom. The number of hydrogen-bond acceptors (Lipinski definition) is 2. The molecule has 0 saturated carbocycles. The topological polar surface area (TPSA) is 46.9 Å². The van der Waals surface area contributed by atoms with E-state index >= 15 is 0 Å². The van der Waals surface area contributed by atoms with Crippen LogP contribution in [-0.4, -0.2) is 15.5 Å². The Hall–Kier alpha value is -2.10. The zero-order valence-corrected chi connectivity index (χ0v) is 12.6. The van der Waals surface area contributed by atoms with E-state index in [0.29, 0.717) is 12.1 Å². The van der Waals surface area contributed by atoms with Gasteiger partial charge in [-0.2, -0.15) is 0 Å². The lowest BCUT2D eigenvalue weighted by Crippen LogP contribution is -2.24. The minimum atomic E-state index is -0.0454. The van der Waals surface area contributed by atoms with Gasteiger partial charge in [-0.3, -0.25) is 4.79 Å². The van der Waals surface area contributed by atoms with E-state index in [2.05, 4.69) is 14.9 Å². The molecule has 21 heavy (non-hydrogen) atoms. The monoisotopic (exact) mass is 283 g/mol. The molecule has 2 aromatic rings.